The first-order valence-electron chi connectivity index (χ1n) is 14.8. The average Bonchev–Trinajstić information content (AvgIpc) is 3.48. The van der Waals surface area contributed by atoms with Crippen molar-refractivity contribution in [3.63, 3.8) is 0 Å². The Morgan fingerprint density at radius 1 is 0.950 bits per heavy atom. The maximum Gasteiger partial charge on any atom is 0.120 e. The van der Waals surface area contributed by atoms with Crippen LogP contribution in [-0.2, 0) is 22.6 Å². The quantitative estimate of drug-likeness (QED) is 0.249. The van der Waals surface area contributed by atoms with E-state index in [0.717, 1.165) is 49.4 Å². The third-order valence-electron chi connectivity index (χ3n) is 8.53. The molecule has 0 aromatic heterocycles. The van der Waals surface area contributed by atoms with Gasteiger partial charge in [-0.05, 0) is 80.0 Å². The molecule has 40 heavy (non-hydrogen) atoms. The first kappa shape index (κ1) is 26.6. The van der Waals surface area contributed by atoms with Crippen molar-refractivity contribution in [1.29, 1.82) is 0 Å². The summed E-state index contributed by atoms with van der Waals surface area (Å²) >= 11 is 0. The van der Waals surface area contributed by atoms with E-state index in [0.29, 0.717) is 19.1 Å². The number of fused-ring (bicyclic) bond motifs is 6. The highest BCUT2D eigenvalue weighted by Gasteiger charge is 2.44. The smallest absolute Gasteiger partial charge is 0.120 e. The standard InChI is InChI=1S/C35H40N2O3/c1-25(11-9-16-26-12-5-3-6-13-26)40-29-18-19-30-31(23-29)35-33(37-20-10-17-32(30)37)21-28(36-38-2)22-34(35)39-24-27-14-7-4-8-15-27/h3-8,12-15,18-19,23,25,32-33H,9-11,16-17,20-22,24H2,1-2H3. The van der Waals surface area contributed by atoms with Crippen molar-refractivity contribution >= 4 is 11.3 Å². The molecule has 208 valence electrons. The maximum atomic E-state index is 6.61. The Morgan fingerprint density at radius 2 is 1.73 bits per heavy atom. The van der Waals surface area contributed by atoms with Gasteiger partial charge in [0.1, 0.15) is 25.2 Å². The summed E-state index contributed by atoms with van der Waals surface area (Å²) in [5.41, 5.74) is 7.61. The van der Waals surface area contributed by atoms with Gasteiger partial charge < -0.3 is 14.3 Å². The fourth-order valence-electron chi connectivity index (χ4n) is 6.71. The van der Waals surface area contributed by atoms with Crippen molar-refractivity contribution in [2.24, 2.45) is 5.16 Å². The van der Waals surface area contributed by atoms with Crippen LogP contribution in [-0.4, -0.2) is 36.4 Å². The number of allylic oxidation sites excluding steroid dienone is 1. The van der Waals surface area contributed by atoms with E-state index in [-0.39, 0.29) is 12.1 Å². The zero-order valence-corrected chi connectivity index (χ0v) is 23.7. The molecule has 0 spiro atoms. The molecule has 0 N–H and O–H groups in total. The third-order valence-corrected chi connectivity index (χ3v) is 8.53. The number of ether oxygens (including phenoxy) is 2. The summed E-state index contributed by atoms with van der Waals surface area (Å²) in [5, 5.41) is 4.41. The van der Waals surface area contributed by atoms with Crippen molar-refractivity contribution in [3.05, 3.63) is 107 Å². The summed E-state index contributed by atoms with van der Waals surface area (Å²) in [6.45, 7) is 3.83. The SMILES string of the molecule is CON=C1CC(OCc2ccccc2)=C2c3cc(OC(C)CCCc4ccccc4)ccc3C3CCCN3C2C1. The van der Waals surface area contributed by atoms with Gasteiger partial charge in [0, 0.05) is 30.5 Å². The van der Waals surface area contributed by atoms with Crippen LogP contribution in [0.1, 0.15) is 73.7 Å². The zero-order valence-electron chi connectivity index (χ0n) is 23.7. The molecule has 0 saturated carbocycles. The van der Waals surface area contributed by atoms with E-state index in [1.165, 1.54) is 40.7 Å². The fourth-order valence-corrected chi connectivity index (χ4v) is 6.71. The predicted molar refractivity (Wildman–Crippen MR) is 160 cm³/mol. The summed E-state index contributed by atoms with van der Waals surface area (Å²) in [5.74, 6) is 1.96. The minimum absolute atomic E-state index is 0.152. The van der Waals surface area contributed by atoms with E-state index in [4.69, 9.17) is 14.3 Å². The van der Waals surface area contributed by atoms with E-state index < -0.39 is 0 Å². The molecule has 1 saturated heterocycles. The molecule has 0 bridgehead atoms. The molecule has 1 fully saturated rings. The van der Waals surface area contributed by atoms with Crippen molar-refractivity contribution in [1.82, 2.24) is 4.90 Å². The molecule has 3 aromatic rings. The molecule has 2 aliphatic heterocycles. The Kier molecular flexibility index (Phi) is 8.19. The second-order valence-electron chi connectivity index (χ2n) is 11.3. The van der Waals surface area contributed by atoms with E-state index in [1.807, 2.05) is 6.07 Å². The number of hydrogen-bond acceptors (Lipinski definition) is 5. The Bertz CT molecular complexity index is 1350. The Balaban J connectivity index is 1.28. The highest BCUT2D eigenvalue weighted by molar-refractivity contribution is 5.95. The van der Waals surface area contributed by atoms with Crippen molar-refractivity contribution in [2.75, 3.05) is 13.7 Å². The molecule has 6 rings (SSSR count). The number of hydrogen-bond donors (Lipinski definition) is 0. The predicted octanol–water partition coefficient (Wildman–Crippen LogP) is 7.72. The van der Waals surface area contributed by atoms with Crippen molar-refractivity contribution in [2.45, 2.75) is 76.7 Å². The molecule has 3 aliphatic rings. The molecule has 0 amide bonds. The summed E-state index contributed by atoms with van der Waals surface area (Å²) in [6, 6.07) is 28.6. The van der Waals surface area contributed by atoms with Crippen LogP contribution in [0.25, 0.3) is 5.57 Å². The summed E-state index contributed by atoms with van der Waals surface area (Å²) in [6.07, 6.45) is 7.31. The van der Waals surface area contributed by atoms with Gasteiger partial charge in [-0.2, -0.15) is 0 Å². The van der Waals surface area contributed by atoms with Crippen LogP contribution < -0.4 is 4.74 Å². The highest BCUT2D eigenvalue weighted by atomic mass is 16.6. The molecule has 0 radical (unpaired) electrons. The second kappa shape index (κ2) is 12.3. The van der Waals surface area contributed by atoms with Crippen LogP contribution >= 0.6 is 0 Å². The monoisotopic (exact) mass is 536 g/mol. The van der Waals surface area contributed by atoms with E-state index in [9.17, 15) is 0 Å². The lowest BCUT2D eigenvalue weighted by atomic mass is 9.78. The van der Waals surface area contributed by atoms with Gasteiger partial charge in [0.2, 0.25) is 0 Å². The Hall–Kier alpha value is -3.57. The Morgan fingerprint density at radius 3 is 2.50 bits per heavy atom. The van der Waals surface area contributed by atoms with Crippen LogP contribution in [0.3, 0.4) is 0 Å². The van der Waals surface area contributed by atoms with Crippen LogP contribution in [0.2, 0.25) is 0 Å². The summed E-state index contributed by atoms with van der Waals surface area (Å²) in [7, 11) is 1.64. The number of benzene rings is 3. The number of rotatable bonds is 10. The van der Waals surface area contributed by atoms with Gasteiger partial charge in [0.05, 0.1) is 11.8 Å². The molecular weight excluding hydrogens is 496 g/mol. The second-order valence-corrected chi connectivity index (χ2v) is 11.3. The van der Waals surface area contributed by atoms with Gasteiger partial charge in [-0.25, -0.2) is 0 Å². The van der Waals surface area contributed by atoms with Crippen molar-refractivity contribution in [3.8, 4) is 5.75 Å². The van der Waals surface area contributed by atoms with Gasteiger partial charge in [0.15, 0.2) is 0 Å². The lowest BCUT2D eigenvalue weighted by Crippen LogP contribution is -2.43. The van der Waals surface area contributed by atoms with Gasteiger partial charge in [-0.1, -0.05) is 71.9 Å². The highest BCUT2D eigenvalue weighted by Crippen LogP contribution is 2.50. The Labute approximate surface area is 238 Å². The molecule has 3 atom stereocenters. The number of aryl methyl sites for hydroxylation is 1. The van der Waals surface area contributed by atoms with Gasteiger partial charge in [-0.15, -0.1) is 0 Å². The topological polar surface area (TPSA) is 43.3 Å². The molecule has 1 aliphatic carbocycles. The van der Waals surface area contributed by atoms with E-state index in [1.54, 1.807) is 7.11 Å². The zero-order chi connectivity index (χ0) is 27.3. The lowest BCUT2D eigenvalue weighted by molar-refractivity contribution is 0.168. The van der Waals surface area contributed by atoms with Crippen molar-refractivity contribution < 1.29 is 14.3 Å². The van der Waals surface area contributed by atoms with Crippen LogP contribution in [0, 0.1) is 0 Å². The molecule has 2 heterocycles. The minimum atomic E-state index is 0.152. The summed E-state index contributed by atoms with van der Waals surface area (Å²) < 4.78 is 13.1. The molecule has 3 unspecified atom stereocenters. The number of oxime groups is 1. The largest absolute Gasteiger partial charge is 0.492 e. The van der Waals surface area contributed by atoms with Gasteiger partial charge >= 0.3 is 0 Å². The van der Waals surface area contributed by atoms with Crippen LogP contribution in [0.15, 0.2) is 89.8 Å². The molecule has 5 heteroatoms. The minimum Gasteiger partial charge on any atom is -0.492 e. The summed E-state index contributed by atoms with van der Waals surface area (Å²) in [4.78, 5) is 7.91. The molecular formula is C35H40N2O3. The first-order chi connectivity index (χ1) is 19.7. The van der Waals surface area contributed by atoms with Gasteiger partial charge in [-0.3, -0.25) is 4.90 Å². The number of nitrogens with zero attached hydrogens (tertiary/aromatic N) is 2. The van der Waals surface area contributed by atoms with Gasteiger partial charge in [0.25, 0.3) is 0 Å². The maximum absolute atomic E-state index is 6.61. The molecule has 5 nitrogen and oxygen atoms in total. The van der Waals surface area contributed by atoms with E-state index in [2.05, 4.69) is 89.8 Å². The fraction of sp³-hybridized carbons (Fsp3) is 0.400. The lowest BCUT2D eigenvalue weighted by Gasteiger charge is -2.44. The van der Waals surface area contributed by atoms with E-state index >= 15 is 0 Å². The third kappa shape index (κ3) is 5.80. The molecule has 3 aromatic carbocycles. The van der Waals surface area contributed by atoms with Crippen LogP contribution in [0.5, 0.6) is 5.75 Å². The van der Waals surface area contributed by atoms with Crippen LogP contribution in [0.4, 0.5) is 0 Å². The first-order valence-corrected chi connectivity index (χ1v) is 14.8. The normalized spacial score (nSPS) is 21.9. The average molecular weight is 537 g/mol.